The predicted octanol–water partition coefficient (Wildman–Crippen LogP) is 4.63. The molecule has 0 aliphatic heterocycles. The maximum Gasteiger partial charge on any atom is 0.514 e. The van der Waals surface area contributed by atoms with E-state index in [-0.39, 0.29) is 52.7 Å². The van der Waals surface area contributed by atoms with Crippen molar-refractivity contribution in [1.82, 2.24) is 4.98 Å². The maximum atomic E-state index is 12.2. The first-order chi connectivity index (χ1) is 15.1. The number of nitrogens with zero attached hydrogens (tertiary/aromatic N) is 3. The second-order valence-electron chi connectivity index (χ2n) is 6.75. The third kappa shape index (κ3) is 6.15. The number of non-ortho nitro benzene ring substituents is 1. The average Bonchev–Trinajstić information content (AvgIpc) is 2.71. The summed E-state index contributed by atoms with van der Waals surface area (Å²) in [6.45, 7) is 6.18. The Labute approximate surface area is 183 Å². The largest absolute Gasteiger partial charge is 0.514 e. The zero-order valence-electron chi connectivity index (χ0n) is 17.9. The van der Waals surface area contributed by atoms with Gasteiger partial charge in [0.2, 0.25) is 0 Å². The van der Waals surface area contributed by atoms with Crippen LogP contribution in [0.2, 0.25) is 0 Å². The lowest BCUT2D eigenvalue weighted by Gasteiger charge is -2.18. The first kappa shape index (κ1) is 24.1. The van der Waals surface area contributed by atoms with Crippen LogP contribution < -0.4 is 9.47 Å². The molecule has 0 saturated heterocycles. The number of carbonyl (C=O) groups excluding carboxylic acids is 2. The average molecular weight is 443 g/mol. The van der Waals surface area contributed by atoms with Crippen molar-refractivity contribution in [3.63, 3.8) is 0 Å². The van der Waals surface area contributed by atoms with Crippen molar-refractivity contribution >= 4 is 18.0 Å². The van der Waals surface area contributed by atoms with Crippen molar-refractivity contribution < 1.29 is 33.5 Å². The number of nitro benzene ring substituents is 1. The number of nitro groups is 1. The Kier molecular flexibility index (Phi) is 8.06. The Balaban J connectivity index is 2.64. The van der Waals surface area contributed by atoms with Crippen LogP contribution in [0.5, 0.6) is 11.5 Å². The molecular formula is C21H21N3O8. The van der Waals surface area contributed by atoms with E-state index in [1.807, 2.05) is 6.07 Å². The Morgan fingerprint density at radius 1 is 1.16 bits per heavy atom. The maximum absolute atomic E-state index is 12.2. The summed E-state index contributed by atoms with van der Waals surface area (Å²) in [5.74, 6) is -0.216. The molecule has 0 aliphatic carbocycles. The van der Waals surface area contributed by atoms with Gasteiger partial charge in [-0.3, -0.25) is 15.1 Å². The number of aryl methyl sites for hydroxylation is 2. The van der Waals surface area contributed by atoms with Gasteiger partial charge in [0.05, 0.1) is 40.5 Å². The number of carbonyl (C=O) groups is 2. The monoisotopic (exact) mass is 443 g/mol. The highest BCUT2D eigenvalue weighted by atomic mass is 16.7. The minimum Gasteiger partial charge on any atom is -0.433 e. The predicted molar refractivity (Wildman–Crippen MR) is 110 cm³/mol. The summed E-state index contributed by atoms with van der Waals surface area (Å²) in [5, 5.41) is 19.9. The van der Waals surface area contributed by atoms with Gasteiger partial charge in [-0.2, -0.15) is 5.26 Å². The van der Waals surface area contributed by atoms with Crippen molar-refractivity contribution in [3.05, 3.63) is 45.8 Å². The number of aromatic nitrogens is 1. The third-order valence-corrected chi connectivity index (χ3v) is 3.93. The first-order valence-electron chi connectivity index (χ1n) is 9.50. The van der Waals surface area contributed by atoms with E-state index in [1.165, 1.54) is 24.3 Å². The molecule has 0 spiro atoms. The first-order valence-corrected chi connectivity index (χ1v) is 9.50. The van der Waals surface area contributed by atoms with Gasteiger partial charge >= 0.3 is 12.3 Å². The molecular weight excluding hydrogens is 422 g/mol. The molecule has 11 nitrogen and oxygen atoms in total. The molecule has 0 amide bonds. The zero-order chi connectivity index (χ0) is 23.8. The quantitative estimate of drug-likeness (QED) is 0.256. The molecule has 0 unspecified atom stereocenters. The summed E-state index contributed by atoms with van der Waals surface area (Å²) in [5.41, 5.74) is 0.588. The molecule has 0 N–H and O–H groups in total. The van der Waals surface area contributed by atoms with Gasteiger partial charge in [-0.25, -0.2) is 9.59 Å². The minimum atomic E-state index is -1.11. The van der Waals surface area contributed by atoms with Crippen LogP contribution in [0.4, 0.5) is 15.3 Å². The van der Waals surface area contributed by atoms with E-state index in [9.17, 15) is 19.7 Å². The lowest BCUT2D eigenvalue weighted by atomic mass is 10.0. The lowest BCUT2D eigenvalue weighted by molar-refractivity contribution is -0.384. The Hall–Kier alpha value is -4.20. The lowest BCUT2D eigenvalue weighted by Crippen LogP contribution is -2.18. The highest BCUT2D eigenvalue weighted by Gasteiger charge is 2.26. The molecule has 0 atom stereocenters. The van der Waals surface area contributed by atoms with Crippen LogP contribution in [0, 0.1) is 35.3 Å². The summed E-state index contributed by atoms with van der Waals surface area (Å²) in [7, 11) is 0. The second kappa shape index (κ2) is 10.7. The Morgan fingerprint density at radius 3 is 2.34 bits per heavy atom. The van der Waals surface area contributed by atoms with E-state index in [2.05, 4.69) is 4.98 Å². The van der Waals surface area contributed by atoms with Crippen molar-refractivity contribution in [2.24, 2.45) is 0 Å². The van der Waals surface area contributed by atoms with E-state index < -0.39 is 23.3 Å². The highest BCUT2D eigenvalue weighted by Crippen LogP contribution is 2.43. The van der Waals surface area contributed by atoms with E-state index in [0.29, 0.717) is 0 Å². The number of hydrogen-bond acceptors (Lipinski definition) is 10. The van der Waals surface area contributed by atoms with Gasteiger partial charge in [0, 0.05) is 12.1 Å². The van der Waals surface area contributed by atoms with Gasteiger partial charge in [0.1, 0.15) is 6.61 Å². The molecule has 2 aromatic rings. The van der Waals surface area contributed by atoms with Crippen LogP contribution in [0.15, 0.2) is 24.3 Å². The van der Waals surface area contributed by atoms with Crippen molar-refractivity contribution in [2.45, 2.75) is 40.2 Å². The SMILES string of the molecule is Cc1nc(C)c(OC(=O)OC(C)C)c(-c2cccc([N+](=O)[O-])c2)c1OC(=O)OCCC#N. The third-order valence-electron chi connectivity index (χ3n) is 3.93. The number of pyridine rings is 1. The summed E-state index contributed by atoms with van der Waals surface area (Å²) in [6.07, 6.45) is -2.64. The highest BCUT2D eigenvalue weighted by molar-refractivity contribution is 5.84. The van der Waals surface area contributed by atoms with Gasteiger partial charge in [0.25, 0.3) is 5.69 Å². The number of ether oxygens (including phenoxy) is 4. The Bertz CT molecular complexity index is 1080. The molecule has 0 radical (unpaired) electrons. The van der Waals surface area contributed by atoms with Crippen LogP contribution in [-0.4, -0.2) is 34.9 Å². The van der Waals surface area contributed by atoms with Crippen molar-refractivity contribution in [2.75, 3.05) is 6.61 Å². The van der Waals surface area contributed by atoms with E-state index >= 15 is 0 Å². The second-order valence-corrected chi connectivity index (χ2v) is 6.75. The van der Waals surface area contributed by atoms with Crippen molar-refractivity contribution in [3.8, 4) is 28.7 Å². The smallest absolute Gasteiger partial charge is 0.433 e. The molecule has 168 valence electrons. The van der Waals surface area contributed by atoms with Gasteiger partial charge in [-0.1, -0.05) is 12.1 Å². The molecule has 0 bridgehead atoms. The zero-order valence-corrected chi connectivity index (χ0v) is 17.9. The number of benzene rings is 1. The molecule has 0 aliphatic rings. The van der Waals surface area contributed by atoms with Crippen LogP contribution in [0.25, 0.3) is 11.1 Å². The van der Waals surface area contributed by atoms with E-state index in [1.54, 1.807) is 27.7 Å². The van der Waals surface area contributed by atoms with Crippen LogP contribution in [-0.2, 0) is 9.47 Å². The van der Waals surface area contributed by atoms with Crippen LogP contribution in [0.1, 0.15) is 31.7 Å². The minimum absolute atomic E-state index is 0.0344. The standard InChI is InChI=1S/C21H21N3O8/c1-12(2)30-21(26)32-19-14(4)23-13(3)18(31-20(25)29-10-6-9-22)17(19)15-7-5-8-16(11-15)24(27)28/h5,7-8,11-12H,6,10H2,1-4H3. The number of nitriles is 1. The fraction of sp³-hybridized carbons (Fsp3) is 0.333. The molecule has 1 aromatic carbocycles. The molecule has 1 aromatic heterocycles. The fourth-order valence-corrected chi connectivity index (χ4v) is 2.70. The normalized spacial score (nSPS) is 10.2. The summed E-state index contributed by atoms with van der Waals surface area (Å²) >= 11 is 0. The Morgan fingerprint density at radius 2 is 1.78 bits per heavy atom. The molecule has 1 heterocycles. The molecule has 11 heteroatoms. The number of hydrogen-bond donors (Lipinski definition) is 0. The summed E-state index contributed by atoms with van der Waals surface area (Å²) in [6, 6.07) is 7.31. The number of rotatable bonds is 7. The molecule has 0 fully saturated rings. The van der Waals surface area contributed by atoms with E-state index in [0.717, 1.165) is 0 Å². The van der Waals surface area contributed by atoms with Gasteiger partial charge in [0.15, 0.2) is 11.5 Å². The summed E-state index contributed by atoms with van der Waals surface area (Å²) < 4.78 is 20.5. The van der Waals surface area contributed by atoms with Gasteiger partial charge in [-0.05, 0) is 33.3 Å². The van der Waals surface area contributed by atoms with Crippen LogP contribution in [0.3, 0.4) is 0 Å². The van der Waals surface area contributed by atoms with E-state index in [4.69, 9.17) is 24.2 Å². The fourth-order valence-electron chi connectivity index (χ4n) is 2.70. The van der Waals surface area contributed by atoms with Gasteiger partial charge in [-0.15, -0.1) is 0 Å². The van der Waals surface area contributed by atoms with Crippen molar-refractivity contribution in [1.29, 1.82) is 5.26 Å². The molecule has 32 heavy (non-hydrogen) atoms. The molecule has 0 saturated carbocycles. The van der Waals surface area contributed by atoms with Gasteiger partial charge < -0.3 is 18.9 Å². The topological polar surface area (TPSA) is 151 Å². The van der Waals surface area contributed by atoms with Crippen LogP contribution >= 0.6 is 0 Å². The summed E-state index contributed by atoms with van der Waals surface area (Å²) in [4.78, 5) is 39.2. The molecule has 2 rings (SSSR count).